The molecule has 0 saturated carbocycles. The predicted octanol–water partition coefficient (Wildman–Crippen LogP) is 5.90. The highest BCUT2D eigenvalue weighted by Crippen LogP contribution is 2.18. The SMILES string of the molecule is CCC(C)Cc1nc(CN(C)C(=O)N[C@H](C(=O)N[C@@H](Cc2ccccc2)C[C@H](O)[C@H](Cc2ccccc2)NC(=O)OCc2cnco2)C(C)C)cs1. The zero-order chi connectivity index (χ0) is 37.5. The highest BCUT2D eigenvalue weighted by atomic mass is 32.1. The lowest BCUT2D eigenvalue weighted by molar-refractivity contribution is -0.124. The number of hydrogen-bond acceptors (Lipinski definition) is 9. The standard InChI is InChI=1S/C39H52N6O6S/c1-6-27(4)17-35-41-31(24-52-35)22-45(5)38(48)44-36(26(2)3)37(47)42-30(18-28-13-9-7-10-14-28)20-34(46)33(19-29-15-11-8-12-16-29)43-39(49)50-23-32-21-40-25-51-32/h7-16,21,24-27,30,33-34,36,46H,6,17-20,22-23H2,1-5H3,(H,42,47)(H,43,49)(H,44,48)/t27?,30-,33-,34-,36-/m0/s1. The Morgan fingerprint density at radius 1 is 0.942 bits per heavy atom. The molecule has 4 rings (SSSR count). The lowest BCUT2D eigenvalue weighted by Crippen LogP contribution is -2.55. The van der Waals surface area contributed by atoms with E-state index in [1.54, 1.807) is 18.4 Å². The van der Waals surface area contributed by atoms with Gasteiger partial charge in [0.15, 0.2) is 18.8 Å². The van der Waals surface area contributed by atoms with E-state index in [0.717, 1.165) is 34.7 Å². The van der Waals surface area contributed by atoms with Crippen LogP contribution in [0.25, 0.3) is 0 Å². The number of alkyl carbamates (subject to hydrolysis) is 1. The average Bonchev–Trinajstić information content (AvgIpc) is 3.82. The minimum absolute atomic E-state index is 0.113. The topological polar surface area (TPSA) is 159 Å². The Labute approximate surface area is 310 Å². The van der Waals surface area contributed by atoms with E-state index in [9.17, 15) is 19.5 Å². The van der Waals surface area contributed by atoms with Crippen molar-refractivity contribution in [1.29, 1.82) is 0 Å². The van der Waals surface area contributed by atoms with Gasteiger partial charge in [-0.2, -0.15) is 0 Å². The second kappa shape index (κ2) is 20.3. The molecule has 0 saturated heterocycles. The summed E-state index contributed by atoms with van der Waals surface area (Å²) in [6.07, 6.45) is 3.73. The molecular weight excluding hydrogens is 681 g/mol. The van der Waals surface area contributed by atoms with E-state index < -0.39 is 30.3 Å². The van der Waals surface area contributed by atoms with Crippen molar-refractivity contribution in [2.75, 3.05) is 7.05 Å². The molecule has 2 heterocycles. The van der Waals surface area contributed by atoms with Crippen LogP contribution >= 0.6 is 11.3 Å². The molecule has 4 N–H and O–H groups in total. The van der Waals surface area contributed by atoms with Gasteiger partial charge in [-0.25, -0.2) is 19.6 Å². The van der Waals surface area contributed by atoms with Gasteiger partial charge < -0.3 is 35.1 Å². The van der Waals surface area contributed by atoms with Crippen molar-refractivity contribution in [3.63, 3.8) is 0 Å². The Bertz CT molecular complexity index is 1650. The van der Waals surface area contributed by atoms with Crippen LogP contribution in [0.15, 0.2) is 83.1 Å². The van der Waals surface area contributed by atoms with Crippen molar-refractivity contribution in [3.05, 3.63) is 106 Å². The third-order valence-corrected chi connectivity index (χ3v) is 9.81. The fourth-order valence-electron chi connectivity index (χ4n) is 5.68. The number of aliphatic hydroxyl groups is 1. The molecule has 4 aromatic rings. The number of oxazole rings is 1. The highest BCUT2D eigenvalue weighted by molar-refractivity contribution is 7.09. The molecule has 0 fully saturated rings. The van der Waals surface area contributed by atoms with Crippen molar-refractivity contribution in [1.82, 2.24) is 30.8 Å². The van der Waals surface area contributed by atoms with Crippen LogP contribution in [0, 0.1) is 11.8 Å². The zero-order valence-corrected chi connectivity index (χ0v) is 31.5. The number of aromatic nitrogens is 2. The fraction of sp³-hybridized carbons (Fsp3) is 0.462. The first kappa shape index (κ1) is 40.0. The summed E-state index contributed by atoms with van der Waals surface area (Å²) in [6.45, 7) is 8.30. The Morgan fingerprint density at radius 2 is 1.62 bits per heavy atom. The maximum atomic E-state index is 13.9. The van der Waals surface area contributed by atoms with Crippen molar-refractivity contribution in [3.8, 4) is 0 Å². The first-order valence-electron chi connectivity index (χ1n) is 17.8. The van der Waals surface area contributed by atoms with Crippen LogP contribution in [0.4, 0.5) is 9.59 Å². The fourth-order valence-corrected chi connectivity index (χ4v) is 6.63. The number of urea groups is 1. The molecule has 4 amide bonds. The molecule has 0 aliphatic heterocycles. The Kier molecular flexibility index (Phi) is 15.6. The van der Waals surface area contributed by atoms with Gasteiger partial charge in [0.2, 0.25) is 5.91 Å². The van der Waals surface area contributed by atoms with Crippen LogP contribution in [0.3, 0.4) is 0 Å². The normalized spacial score (nSPS) is 14.1. The summed E-state index contributed by atoms with van der Waals surface area (Å²) >= 11 is 1.60. The lowest BCUT2D eigenvalue weighted by atomic mass is 9.93. The maximum Gasteiger partial charge on any atom is 0.407 e. The van der Waals surface area contributed by atoms with Crippen LogP contribution in [0.5, 0.6) is 0 Å². The maximum absolute atomic E-state index is 13.9. The average molecular weight is 733 g/mol. The van der Waals surface area contributed by atoms with Gasteiger partial charge in [-0.15, -0.1) is 11.3 Å². The van der Waals surface area contributed by atoms with E-state index in [1.807, 2.05) is 79.9 Å². The number of benzene rings is 2. The smallest absolute Gasteiger partial charge is 0.407 e. The Balaban J connectivity index is 1.45. The third kappa shape index (κ3) is 13.1. The molecule has 2 aromatic heterocycles. The first-order valence-corrected chi connectivity index (χ1v) is 18.7. The van der Waals surface area contributed by atoms with Gasteiger partial charge in [0, 0.05) is 24.9 Å². The van der Waals surface area contributed by atoms with E-state index in [4.69, 9.17) is 14.1 Å². The van der Waals surface area contributed by atoms with Gasteiger partial charge in [-0.1, -0.05) is 94.8 Å². The first-order chi connectivity index (χ1) is 25.0. The lowest BCUT2D eigenvalue weighted by Gasteiger charge is -2.30. The molecule has 13 heteroatoms. The molecule has 1 unspecified atom stereocenters. The minimum Gasteiger partial charge on any atom is -0.445 e. The van der Waals surface area contributed by atoms with Gasteiger partial charge in [-0.3, -0.25) is 4.79 Å². The molecule has 12 nitrogen and oxygen atoms in total. The number of carbonyl (C=O) groups excluding carboxylic acids is 3. The molecule has 5 atom stereocenters. The molecule has 2 aromatic carbocycles. The van der Waals surface area contributed by atoms with Crippen LogP contribution in [-0.2, 0) is 41.9 Å². The number of rotatable bonds is 19. The van der Waals surface area contributed by atoms with Gasteiger partial charge >= 0.3 is 12.1 Å². The summed E-state index contributed by atoms with van der Waals surface area (Å²) in [4.78, 5) is 50.2. The van der Waals surface area contributed by atoms with Crippen LogP contribution in [-0.4, -0.2) is 69.3 Å². The number of ether oxygens (including phenoxy) is 1. The minimum atomic E-state index is -1.08. The molecule has 0 bridgehead atoms. The Morgan fingerprint density at radius 3 is 2.23 bits per heavy atom. The highest BCUT2D eigenvalue weighted by Gasteiger charge is 2.31. The van der Waals surface area contributed by atoms with Gasteiger partial charge in [-0.05, 0) is 42.2 Å². The summed E-state index contributed by atoms with van der Waals surface area (Å²) in [7, 11) is 1.68. The second-order valence-electron chi connectivity index (χ2n) is 13.7. The summed E-state index contributed by atoms with van der Waals surface area (Å²) in [5.41, 5.74) is 2.67. The summed E-state index contributed by atoms with van der Waals surface area (Å²) in [5.74, 6) is 0.324. The monoisotopic (exact) mass is 732 g/mol. The predicted molar refractivity (Wildman–Crippen MR) is 200 cm³/mol. The van der Waals surface area contributed by atoms with Crippen molar-refractivity contribution in [2.24, 2.45) is 11.8 Å². The van der Waals surface area contributed by atoms with E-state index in [1.165, 1.54) is 17.5 Å². The molecule has 280 valence electrons. The number of hydrogen-bond donors (Lipinski definition) is 4. The number of aliphatic hydroxyl groups excluding tert-OH is 1. The largest absolute Gasteiger partial charge is 0.445 e. The van der Waals surface area contributed by atoms with Crippen LogP contribution in [0.1, 0.15) is 68.1 Å². The molecular formula is C39H52N6O6S. The molecule has 0 aliphatic rings. The molecule has 0 radical (unpaired) electrons. The summed E-state index contributed by atoms with van der Waals surface area (Å²) < 4.78 is 10.5. The third-order valence-electron chi connectivity index (χ3n) is 8.89. The number of nitrogens with one attached hydrogen (secondary N) is 3. The quantitative estimate of drug-likeness (QED) is 0.0928. The number of amides is 4. The molecule has 52 heavy (non-hydrogen) atoms. The van der Waals surface area contributed by atoms with E-state index in [-0.39, 0.29) is 30.9 Å². The van der Waals surface area contributed by atoms with E-state index >= 15 is 0 Å². The van der Waals surface area contributed by atoms with E-state index in [0.29, 0.717) is 31.1 Å². The van der Waals surface area contributed by atoms with Gasteiger partial charge in [0.05, 0.1) is 35.6 Å². The molecule has 0 aliphatic carbocycles. The van der Waals surface area contributed by atoms with Crippen molar-refractivity contribution < 1.29 is 28.6 Å². The van der Waals surface area contributed by atoms with Crippen LogP contribution in [0.2, 0.25) is 0 Å². The number of thiazole rings is 1. The van der Waals surface area contributed by atoms with Crippen molar-refractivity contribution >= 4 is 29.4 Å². The Hall–Kier alpha value is -4.75. The number of carbonyl (C=O) groups is 3. The second-order valence-corrected chi connectivity index (χ2v) is 14.6. The number of nitrogens with zero attached hydrogens (tertiary/aromatic N) is 3. The molecule has 0 spiro atoms. The summed E-state index contributed by atoms with van der Waals surface area (Å²) in [6, 6.07) is 16.6. The van der Waals surface area contributed by atoms with Crippen LogP contribution < -0.4 is 16.0 Å². The van der Waals surface area contributed by atoms with E-state index in [2.05, 4.69) is 34.8 Å². The zero-order valence-electron chi connectivity index (χ0n) is 30.7. The summed E-state index contributed by atoms with van der Waals surface area (Å²) in [5, 5.41) is 23.5. The van der Waals surface area contributed by atoms with Crippen molar-refractivity contribution in [2.45, 2.75) is 97.2 Å². The van der Waals surface area contributed by atoms with Gasteiger partial charge in [0.1, 0.15) is 6.04 Å². The van der Waals surface area contributed by atoms with Gasteiger partial charge in [0.25, 0.3) is 0 Å².